The molecule has 36 heavy (non-hydrogen) atoms. The largest absolute Gasteiger partial charge is 0.465 e. The second-order valence-electron chi connectivity index (χ2n) is 11.8. The molecule has 0 heterocycles. The summed E-state index contributed by atoms with van der Waals surface area (Å²) in [6, 6.07) is 0. The van der Waals surface area contributed by atoms with Crippen molar-refractivity contribution in [2.75, 3.05) is 6.61 Å². The monoisotopic (exact) mass is 509 g/mol. The molecule has 0 aromatic heterocycles. The lowest BCUT2D eigenvalue weighted by Crippen LogP contribution is -2.20. The zero-order chi connectivity index (χ0) is 26.5. The Morgan fingerprint density at radius 2 is 0.778 bits per heavy atom. The SMILES string of the molecule is CCCCCCCCCCCCCCC(CCCCCCC)COC(=O)C(C)CCCCCCCC. The maximum atomic E-state index is 12.6. The minimum Gasteiger partial charge on any atom is -0.465 e. The van der Waals surface area contributed by atoms with Gasteiger partial charge in [0.15, 0.2) is 0 Å². The van der Waals surface area contributed by atoms with Crippen molar-refractivity contribution in [2.24, 2.45) is 11.8 Å². The third-order valence-electron chi connectivity index (χ3n) is 8.04. The molecule has 0 amide bonds. The molecule has 0 rings (SSSR count). The van der Waals surface area contributed by atoms with Gasteiger partial charge in [-0.05, 0) is 25.2 Å². The molecular weight excluding hydrogens is 440 g/mol. The second-order valence-corrected chi connectivity index (χ2v) is 11.8. The van der Waals surface area contributed by atoms with E-state index < -0.39 is 0 Å². The molecule has 0 fully saturated rings. The smallest absolute Gasteiger partial charge is 0.308 e. The number of hydrogen-bond donors (Lipinski definition) is 0. The molecule has 2 unspecified atom stereocenters. The molecular formula is C34H68O2. The summed E-state index contributed by atoms with van der Waals surface area (Å²) in [7, 11) is 0. The molecule has 0 spiro atoms. The minimum atomic E-state index is 0.0502. The lowest BCUT2D eigenvalue weighted by Gasteiger charge is -2.19. The lowest BCUT2D eigenvalue weighted by atomic mass is 9.94. The predicted octanol–water partition coefficient (Wildman–Crippen LogP) is 12.0. The molecule has 0 aromatic rings. The van der Waals surface area contributed by atoms with Gasteiger partial charge in [0.2, 0.25) is 0 Å². The van der Waals surface area contributed by atoms with Crippen LogP contribution in [-0.4, -0.2) is 12.6 Å². The van der Waals surface area contributed by atoms with Gasteiger partial charge in [-0.15, -0.1) is 0 Å². The highest BCUT2D eigenvalue weighted by molar-refractivity contribution is 5.71. The highest BCUT2D eigenvalue weighted by Gasteiger charge is 2.17. The van der Waals surface area contributed by atoms with Crippen molar-refractivity contribution in [1.29, 1.82) is 0 Å². The van der Waals surface area contributed by atoms with E-state index in [2.05, 4.69) is 27.7 Å². The Morgan fingerprint density at radius 3 is 1.14 bits per heavy atom. The minimum absolute atomic E-state index is 0.0502. The van der Waals surface area contributed by atoms with Gasteiger partial charge in [0.25, 0.3) is 0 Å². The normalized spacial score (nSPS) is 13.1. The zero-order valence-electron chi connectivity index (χ0n) is 25.6. The number of carbonyl (C=O) groups is 1. The van der Waals surface area contributed by atoms with Gasteiger partial charge < -0.3 is 4.74 Å². The molecule has 216 valence electrons. The highest BCUT2D eigenvalue weighted by atomic mass is 16.5. The van der Waals surface area contributed by atoms with E-state index in [4.69, 9.17) is 4.74 Å². The van der Waals surface area contributed by atoms with Crippen molar-refractivity contribution in [3.05, 3.63) is 0 Å². The van der Waals surface area contributed by atoms with Gasteiger partial charge in [-0.1, -0.05) is 175 Å². The average molecular weight is 509 g/mol. The molecule has 2 heteroatoms. The molecule has 0 radical (unpaired) electrons. The van der Waals surface area contributed by atoms with Crippen molar-refractivity contribution in [3.63, 3.8) is 0 Å². The molecule has 0 aromatic carbocycles. The van der Waals surface area contributed by atoms with Crippen LogP contribution in [0.4, 0.5) is 0 Å². The van der Waals surface area contributed by atoms with Gasteiger partial charge >= 0.3 is 5.97 Å². The number of unbranched alkanes of at least 4 members (excludes halogenated alkanes) is 20. The second kappa shape index (κ2) is 29.0. The van der Waals surface area contributed by atoms with Crippen LogP contribution in [0.5, 0.6) is 0 Å². The molecule has 2 atom stereocenters. The summed E-state index contributed by atoms with van der Waals surface area (Å²) in [5, 5.41) is 0. The quantitative estimate of drug-likeness (QED) is 0.0741. The first kappa shape index (κ1) is 35.5. The van der Waals surface area contributed by atoms with Gasteiger partial charge in [-0.3, -0.25) is 4.79 Å². The van der Waals surface area contributed by atoms with E-state index in [1.807, 2.05) is 0 Å². The Morgan fingerprint density at radius 1 is 0.472 bits per heavy atom. The van der Waals surface area contributed by atoms with Crippen LogP contribution in [0.1, 0.15) is 195 Å². The van der Waals surface area contributed by atoms with E-state index in [-0.39, 0.29) is 11.9 Å². The van der Waals surface area contributed by atoms with E-state index in [0.717, 1.165) is 6.42 Å². The fourth-order valence-corrected chi connectivity index (χ4v) is 5.31. The van der Waals surface area contributed by atoms with E-state index in [0.29, 0.717) is 12.5 Å². The maximum Gasteiger partial charge on any atom is 0.308 e. The van der Waals surface area contributed by atoms with Gasteiger partial charge in [0, 0.05) is 0 Å². The van der Waals surface area contributed by atoms with E-state index >= 15 is 0 Å². The first-order valence-electron chi connectivity index (χ1n) is 16.8. The summed E-state index contributed by atoms with van der Waals surface area (Å²) in [5.74, 6) is 0.683. The third-order valence-corrected chi connectivity index (χ3v) is 8.04. The number of esters is 1. The van der Waals surface area contributed by atoms with Crippen LogP contribution in [0.2, 0.25) is 0 Å². The summed E-state index contributed by atoms with van der Waals surface area (Å²) >= 11 is 0. The fraction of sp³-hybridized carbons (Fsp3) is 0.971. The number of carbonyl (C=O) groups excluding carboxylic acids is 1. The van der Waals surface area contributed by atoms with Crippen molar-refractivity contribution in [1.82, 2.24) is 0 Å². The van der Waals surface area contributed by atoms with Gasteiger partial charge in [-0.2, -0.15) is 0 Å². The van der Waals surface area contributed by atoms with Gasteiger partial charge in [-0.25, -0.2) is 0 Å². The molecule has 0 N–H and O–H groups in total. The van der Waals surface area contributed by atoms with Crippen LogP contribution in [0.3, 0.4) is 0 Å². The highest BCUT2D eigenvalue weighted by Crippen LogP contribution is 2.21. The van der Waals surface area contributed by atoms with Gasteiger partial charge in [0.05, 0.1) is 12.5 Å². The Balaban J connectivity index is 4.03. The van der Waals surface area contributed by atoms with Gasteiger partial charge in [0.1, 0.15) is 0 Å². The van der Waals surface area contributed by atoms with Crippen LogP contribution < -0.4 is 0 Å². The first-order chi connectivity index (χ1) is 17.7. The van der Waals surface area contributed by atoms with E-state index in [1.165, 1.54) is 161 Å². The Kier molecular flexibility index (Phi) is 28.6. The van der Waals surface area contributed by atoms with Crippen molar-refractivity contribution in [2.45, 2.75) is 195 Å². The Bertz CT molecular complexity index is 433. The molecule has 2 nitrogen and oxygen atoms in total. The fourth-order valence-electron chi connectivity index (χ4n) is 5.31. The molecule has 0 aliphatic rings. The Labute approximate surface area is 228 Å². The topological polar surface area (TPSA) is 26.3 Å². The summed E-state index contributed by atoms with van der Waals surface area (Å²) in [4.78, 5) is 12.6. The summed E-state index contributed by atoms with van der Waals surface area (Å²) in [5.41, 5.74) is 0. The number of hydrogen-bond acceptors (Lipinski definition) is 2. The molecule has 0 saturated heterocycles. The Hall–Kier alpha value is -0.530. The molecule has 0 aliphatic carbocycles. The summed E-state index contributed by atoms with van der Waals surface area (Å²) < 4.78 is 5.86. The van der Waals surface area contributed by atoms with Crippen molar-refractivity contribution >= 4 is 5.97 Å². The van der Waals surface area contributed by atoms with Crippen LogP contribution in [0, 0.1) is 11.8 Å². The molecule has 0 aliphatic heterocycles. The van der Waals surface area contributed by atoms with E-state index in [9.17, 15) is 4.79 Å². The molecule has 0 saturated carbocycles. The number of ether oxygens (including phenoxy) is 1. The third kappa shape index (κ3) is 25.1. The van der Waals surface area contributed by atoms with Crippen LogP contribution in [0.25, 0.3) is 0 Å². The van der Waals surface area contributed by atoms with Crippen molar-refractivity contribution < 1.29 is 9.53 Å². The summed E-state index contributed by atoms with van der Waals surface area (Å²) in [6.07, 6.45) is 34.7. The van der Waals surface area contributed by atoms with Crippen LogP contribution in [0.15, 0.2) is 0 Å². The predicted molar refractivity (Wildman–Crippen MR) is 161 cm³/mol. The average Bonchev–Trinajstić information content (AvgIpc) is 2.88. The number of rotatable bonds is 29. The first-order valence-corrected chi connectivity index (χ1v) is 16.8. The van der Waals surface area contributed by atoms with Crippen LogP contribution >= 0.6 is 0 Å². The van der Waals surface area contributed by atoms with Crippen molar-refractivity contribution in [3.8, 4) is 0 Å². The summed E-state index contributed by atoms with van der Waals surface area (Å²) in [6.45, 7) is 9.56. The molecule has 0 bridgehead atoms. The maximum absolute atomic E-state index is 12.6. The van der Waals surface area contributed by atoms with Crippen LogP contribution in [-0.2, 0) is 9.53 Å². The van der Waals surface area contributed by atoms with E-state index in [1.54, 1.807) is 0 Å². The lowest BCUT2D eigenvalue weighted by molar-refractivity contribution is -0.149. The standard InChI is InChI=1S/C34H68O2/c1-5-8-11-14-16-17-18-19-20-21-24-27-30-33(29-26-22-13-10-7-3)31-36-34(35)32(4)28-25-23-15-12-9-6-2/h32-33H,5-31H2,1-4H3. The zero-order valence-corrected chi connectivity index (χ0v) is 25.6.